The molecule has 0 radical (unpaired) electrons. The summed E-state index contributed by atoms with van der Waals surface area (Å²) in [5.74, 6) is -2.46. The van der Waals surface area contributed by atoms with Crippen molar-refractivity contribution in [1.29, 1.82) is 0 Å². The van der Waals surface area contributed by atoms with Gasteiger partial charge in [-0.3, -0.25) is 9.59 Å². The number of ether oxygens (including phenoxy) is 1. The summed E-state index contributed by atoms with van der Waals surface area (Å²) in [6, 6.07) is 14.6. The van der Waals surface area contributed by atoms with Gasteiger partial charge in [-0.25, -0.2) is 4.79 Å². The molecule has 0 aromatic heterocycles. The molecule has 2 aromatic rings. The highest BCUT2D eigenvalue weighted by Crippen LogP contribution is 2.21. The topological polar surface area (TPSA) is 108 Å². The van der Waals surface area contributed by atoms with Crippen molar-refractivity contribution in [2.24, 2.45) is 0 Å². The van der Waals surface area contributed by atoms with Crippen molar-refractivity contribution in [3.8, 4) is 0 Å². The zero-order chi connectivity index (χ0) is 19.3. The van der Waals surface area contributed by atoms with Gasteiger partial charge in [0.15, 0.2) is 11.9 Å². The Morgan fingerprint density at radius 1 is 0.962 bits per heavy atom. The van der Waals surface area contributed by atoms with Crippen LogP contribution in [0.15, 0.2) is 54.6 Å². The molecule has 0 saturated heterocycles. The Labute approximate surface area is 151 Å². The summed E-state index contributed by atoms with van der Waals surface area (Å²) in [5.41, 5.74) is 5.14. The molecule has 136 valence electrons. The minimum atomic E-state index is -1.13. The predicted octanol–water partition coefficient (Wildman–Crippen LogP) is 1.65. The highest BCUT2D eigenvalue weighted by atomic mass is 16.5. The second-order valence-electron chi connectivity index (χ2n) is 6.13. The van der Waals surface area contributed by atoms with Gasteiger partial charge in [0, 0.05) is 11.1 Å². The second kappa shape index (κ2) is 8.40. The molecule has 4 N–H and O–H groups in total. The van der Waals surface area contributed by atoms with Crippen molar-refractivity contribution in [3.05, 3.63) is 71.3 Å². The molecule has 6 nitrogen and oxygen atoms in total. The maximum absolute atomic E-state index is 12.5. The van der Waals surface area contributed by atoms with Gasteiger partial charge in [-0.15, -0.1) is 0 Å². The summed E-state index contributed by atoms with van der Waals surface area (Å²) < 4.78 is 5.21. The number of esters is 1. The average molecular weight is 356 g/mol. The van der Waals surface area contributed by atoms with Gasteiger partial charge in [0.1, 0.15) is 0 Å². The first kappa shape index (κ1) is 19.3. The number of carbonyl (C=O) groups is 3. The molecule has 3 atom stereocenters. The smallest absolute Gasteiger partial charge is 0.366 e. The molecule has 0 aliphatic heterocycles. The van der Waals surface area contributed by atoms with Crippen molar-refractivity contribution in [2.45, 2.75) is 31.9 Å². The number of aliphatic carboxylic acids is 1. The van der Waals surface area contributed by atoms with Crippen molar-refractivity contribution >= 4 is 17.7 Å². The Hall–Kier alpha value is -2.99. The molecule has 2 aromatic carbocycles. The lowest BCUT2D eigenvalue weighted by molar-refractivity contribution is -0.423. The van der Waals surface area contributed by atoms with E-state index in [2.05, 4.69) is 5.73 Å². The van der Waals surface area contributed by atoms with E-state index in [4.69, 9.17) is 9.84 Å². The van der Waals surface area contributed by atoms with Gasteiger partial charge in [-0.2, -0.15) is 0 Å². The lowest BCUT2D eigenvalue weighted by Crippen LogP contribution is -2.70. The highest BCUT2D eigenvalue weighted by molar-refractivity contribution is 6.09. The van der Waals surface area contributed by atoms with Crippen molar-refractivity contribution in [2.75, 3.05) is 0 Å². The third-order valence-electron chi connectivity index (χ3n) is 4.22. The zero-order valence-corrected chi connectivity index (χ0v) is 14.7. The molecule has 0 heterocycles. The Morgan fingerprint density at radius 3 is 2.19 bits per heavy atom. The predicted molar refractivity (Wildman–Crippen MR) is 94.6 cm³/mol. The minimum absolute atomic E-state index is 0.134. The number of rotatable bonds is 7. The van der Waals surface area contributed by atoms with Gasteiger partial charge in [0.2, 0.25) is 6.04 Å². The zero-order valence-electron chi connectivity index (χ0n) is 14.7. The largest absolute Gasteiger partial charge is 0.477 e. The van der Waals surface area contributed by atoms with E-state index in [0.29, 0.717) is 16.7 Å². The monoisotopic (exact) mass is 356 g/mol. The van der Waals surface area contributed by atoms with Gasteiger partial charge >= 0.3 is 11.9 Å². The van der Waals surface area contributed by atoms with E-state index in [1.807, 2.05) is 6.07 Å². The van der Waals surface area contributed by atoms with E-state index >= 15 is 0 Å². The number of hydrogen-bond donors (Lipinski definition) is 2. The lowest BCUT2D eigenvalue weighted by Gasteiger charge is -2.18. The number of benzene rings is 2. The van der Waals surface area contributed by atoms with Crippen LogP contribution in [0.5, 0.6) is 0 Å². The maximum Gasteiger partial charge on any atom is 0.366 e. The number of quaternary nitrogens is 1. The lowest BCUT2D eigenvalue weighted by atomic mass is 9.95. The molecule has 6 heteroatoms. The number of carbonyl (C=O) groups excluding carboxylic acids is 2. The summed E-state index contributed by atoms with van der Waals surface area (Å²) in [4.78, 5) is 35.8. The average Bonchev–Trinajstić information content (AvgIpc) is 2.66. The van der Waals surface area contributed by atoms with E-state index in [1.54, 1.807) is 55.5 Å². The summed E-state index contributed by atoms with van der Waals surface area (Å²) in [7, 11) is 0. The number of hydrogen-bond acceptors (Lipinski definition) is 4. The number of ketones is 1. The van der Waals surface area contributed by atoms with Gasteiger partial charge in [0.25, 0.3) is 0 Å². The normalized spacial score (nSPS) is 14.1. The van der Waals surface area contributed by atoms with Crippen LogP contribution < -0.4 is 5.73 Å². The van der Waals surface area contributed by atoms with E-state index in [-0.39, 0.29) is 5.78 Å². The first-order chi connectivity index (χ1) is 12.3. The van der Waals surface area contributed by atoms with Crippen LogP contribution in [0.1, 0.15) is 41.3 Å². The van der Waals surface area contributed by atoms with Crippen molar-refractivity contribution in [3.63, 3.8) is 0 Å². The Kier molecular flexibility index (Phi) is 6.25. The quantitative estimate of drug-likeness (QED) is 0.579. The van der Waals surface area contributed by atoms with Crippen LogP contribution >= 0.6 is 0 Å². The van der Waals surface area contributed by atoms with Gasteiger partial charge in [-0.1, -0.05) is 48.5 Å². The molecule has 0 bridgehead atoms. The number of carboxylic acids is 1. The van der Waals surface area contributed by atoms with Crippen LogP contribution in [-0.4, -0.2) is 35.0 Å². The molecule has 2 rings (SSSR count). The van der Waals surface area contributed by atoms with E-state index in [1.165, 1.54) is 6.92 Å². The molecular formula is C20H22NO5+. The van der Waals surface area contributed by atoms with Crippen LogP contribution in [-0.2, 0) is 14.3 Å². The van der Waals surface area contributed by atoms with Crippen molar-refractivity contribution < 1.29 is 30.0 Å². The molecule has 0 unspecified atom stereocenters. The fourth-order valence-electron chi connectivity index (χ4n) is 2.41. The first-order valence-electron chi connectivity index (χ1n) is 8.27. The molecule has 0 amide bonds. The molecule has 0 fully saturated rings. The molecule has 0 spiro atoms. The summed E-state index contributed by atoms with van der Waals surface area (Å²) in [6.45, 7) is 3.14. The number of carboxylic acid groups (broad SMARTS) is 1. The highest BCUT2D eigenvalue weighted by Gasteiger charge is 2.29. The third-order valence-corrected chi connectivity index (χ3v) is 4.22. The summed E-state index contributed by atoms with van der Waals surface area (Å²) >= 11 is 0. The van der Waals surface area contributed by atoms with Gasteiger partial charge < -0.3 is 15.6 Å². The van der Waals surface area contributed by atoms with Gasteiger partial charge in [-0.05, 0) is 25.5 Å². The van der Waals surface area contributed by atoms with Crippen LogP contribution in [0, 0.1) is 0 Å². The van der Waals surface area contributed by atoms with Gasteiger partial charge in [0.05, 0.1) is 5.92 Å². The summed E-state index contributed by atoms with van der Waals surface area (Å²) in [5, 5.41) is 8.94. The van der Waals surface area contributed by atoms with E-state index < -0.39 is 30.0 Å². The molecule has 0 aliphatic carbocycles. The second-order valence-corrected chi connectivity index (χ2v) is 6.13. The van der Waals surface area contributed by atoms with Crippen LogP contribution in [0.2, 0.25) is 0 Å². The minimum Gasteiger partial charge on any atom is -0.477 e. The van der Waals surface area contributed by atoms with Crippen LogP contribution in [0.4, 0.5) is 0 Å². The third kappa shape index (κ3) is 4.55. The summed E-state index contributed by atoms with van der Waals surface area (Å²) in [6.07, 6.45) is -0.850. The first-order valence-corrected chi connectivity index (χ1v) is 8.27. The van der Waals surface area contributed by atoms with Crippen molar-refractivity contribution in [1.82, 2.24) is 0 Å². The van der Waals surface area contributed by atoms with Crippen LogP contribution in [0.25, 0.3) is 0 Å². The fourth-order valence-corrected chi connectivity index (χ4v) is 2.41. The molecular weight excluding hydrogens is 334 g/mol. The van der Waals surface area contributed by atoms with E-state index in [0.717, 1.165) is 0 Å². The molecule has 0 aliphatic rings. The Morgan fingerprint density at radius 2 is 1.58 bits per heavy atom. The standard InChI is InChI=1S/C20H21NO5/c1-12(20(25)26-13(2)17(21)19(23)24)15-9-6-10-16(11-15)18(22)14-7-4-3-5-8-14/h3-13,17H,21H2,1-2H3,(H,23,24)/p+1/t12-,13+,17-/m0/s1. The fraction of sp³-hybridized carbons (Fsp3) is 0.250. The maximum atomic E-state index is 12.5. The molecule has 26 heavy (non-hydrogen) atoms. The Bertz CT molecular complexity index is 803. The van der Waals surface area contributed by atoms with Crippen LogP contribution in [0.3, 0.4) is 0 Å². The SMILES string of the molecule is C[C@H](C(=O)O[C@H](C)[C@H]([NH3+])C(=O)O)c1cccc(C(=O)c2ccccc2)c1. The molecule has 0 saturated carbocycles. The van der Waals surface area contributed by atoms with E-state index in [9.17, 15) is 14.4 Å². The Balaban J connectivity index is 2.15.